The molecule has 0 radical (unpaired) electrons. The first-order chi connectivity index (χ1) is 10.1. The number of hydrogen-bond donors (Lipinski definition) is 1. The van der Waals surface area contributed by atoms with Crippen LogP contribution in [0.1, 0.15) is 30.9 Å². The number of carbonyl (C=O) groups is 2. The van der Waals surface area contributed by atoms with Crippen LogP contribution < -0.4 is 5.32 Å². The third kappa shape index (κ3) is 4.19. The standard InChI is InChI=1S/C15H18ClNO4/c1-20-14(18)9-12(10-5-2-3-6-11(10)16)17-15(19)13-7-4-8-21-13/h2-3,5-6,12-13H,4,7-9H2,1H3,(H,17,19). The summed E-state index contributed by atoms with van der Waals surface area (Å²) in [7, 11) is 1.31. The summed E-state index contributed by atoms with van der Waals surface area (Å²) in [5.74, 6) is -0.631. The van der Waals surface area contributed by atoms with Gasteiger partial charge in [-0.2, -0.15) is 0 Å². The highest BCUT2D eigenvalue weighted by Gasteiger charge is 2.28. The summed E-state index contributed by atoms with van der Waals surface area (Å²) in [5.41, 5.74) is 0.691. The fraction of sp³-hybridized carbons (Fsp3) is 0.467. The van der Waals surface area contributed by atoms with Gasteiger partial charge in [0.15, 0.2) is 0 Å². The Hall–Kier alpha value is -1.59. The molecular weight excluding hydrogens is 294 g/mol. The molecule has 5 nitrogen and oxygen atoms in total. The molecule has 1 amide bonds. The molecular formula is C15H18ClNO4. The number of amides is 1. The van der Waals surface area contributed by atoms with Gasteiger partial charge in [0.2, 0.25) is 5.91 Å². The van der Waals surface area contributed by atoms with Crippen LogP contribution in [0.5, 0.6) is 0 Å². The Morgan fingerprint density at radius 1 is 1.48 bits per heavy atom. The van der Waals surface area contributed by atoms with Crippen LogP contribution in [0.2, 0.25) is 5.02 Å². The molecule has 0 saturated carbocycles. The second kappa shape index (κ2) is 7.43. The van der Waals surface area contributed by atoms with Crippen LogP contribution in [0.15, 0.2) is 24.3 Å². The van der Waals surface area contributed by atoms with Crippen molar-refractivity contribution in [1.29, 1.82) is 0 Å². The molecule has 0 aromatic heterocycles. The summed E-state index contributed by atoms with van der Waals surface area (Å²) in [6, 6.07) is 6.58. The van der Waals surface area contributed by atoms with Gasteiger partial charge in [0, 0.05) is 11.6 Å². The largest absolute Gasteiger partial charge is 0.469 e. The predicted molar refractivity (Wildman–Crippen MR) is 77.9 cm³/mol. The van der Waals surface area contributed by atoms with E-state index in [1.165, 1.54) is 7.11 Å². The fourth-order valence-corrected chi connectivity index (χ4v) is 2.56. The first-order valence-corrected chi connectivity index (χ1v) is 7.23. The molecule has 1 N–H and O–H groups in total. The van der Waals surface area contributed by atoms with Crippen molar-refractivity contribution in [2.24, 2.45) is 0 Å². The summed E-state index contributed by atoms with van der Waals surface area (Å²) >= 11 is 6.15. The van der Waals surface area contributed by atoms with E-state index in [4.69, 9.17) is 16.3 Å². The van der Waals surface area contributed by atoms with E-state index >= 15 is 0 Å². The molecule has 0 aliphatic carbocycles. The number of esters is 1. The monoisotopic (exact) mass is 311 g/mol. The summed E-state index contributed by atoms with van der Waals surface area (Å²) in [6.45, 7) is 0.589. The second-order valence-electron chi connectivity index (χ2n) is 4.86. The van der Waals surface area contributed by atoms with Gasteiger partial charge in [-0.1, -0.05) is 29.8 Å². The van der Waals surface area contributed by atoms with E-state index in [-0.39, 0.29) is 12.3 Å². The lowest BCUT2D eigenvalue weighted by molar-refractivity contribution is -0.141. The minimum Gasteiger partial charge on any atom is -0.469 e. The lowest BCUT2D eigenvalue weighted by Crippen LogP contribution is -2.37. The van der Waals surface area contributed by atoms with E-state index in [1.54, 1.807) is 18.2 Å². The molecule has 114 valence electrons. The van der Waals surface area contributed by atoms with Gasteiger partial charge in [0.1, 0.15) is 6.10 Å². The van der Waals surface area contributed by atoms with Crippen LogP contribution in [0.4, 0.5) is 0 Å². The Labute approximate surface area is 128 Å². The topological polar surface area (TPSA) is 64.6 Å². The molecule has 1 fully saturated rings. The highest BCUT2D eigenvalue weighted by Crippen LogP contribution is 2.26. The molecule has 1 aromatic carbocycles. The van der Waals surface area contributed by atoms with Crippen LogP contribution >= 0.6 is 11.6 Å². The molecule has 1 saturated heterocycles. The van der Waals surface area contributed by atoms with Crippen molar-refractivity contribution in [2.75, 3.05) is 13.7 Å². The Morgan fingerprint density at radius 2 is 2.24 bits per heavy atom. The van der Waals surface area contributed by atoms with Crippen LogP contribution in [0.25, 0.3) is 0 Å². The van der Waals surface area contributed by atoms with Crippen LogP contribution in [0.3, 0.4) is 0 Å². The highest BCUT2D eigenvalue weighted by atomic mass is 35.5. The first kappa shape index (κ1) is 15.8. The Bertz CT molecular complexity index is 514. The van der Waals surface area contributed by atoms with E-state index in [2.05, 4.69) is 10.1 Å². The number of hydrogen-bond acceptors (Lipinski definition) is 4. The maximum Gasteiger partial charge on any atom is 0.307 e. The smallest absolute Gasteiger partial charge is 0.307 e. The molecule has 1 aliphatic heterocycles. The molecule has 0 bridgehead atoms. The fourth-order valence-electron chi connectivity index (χ4n) is 2.30. The zero-order valence-corrected chi connectivity index (χ0v) is 12.6. The Morgan fingerprint density at radius 3 is 2.86 bits per heavy atom. The van der Waals surface area contributed by atoms with E-state index in [0.29, 0.717) is 23.6 Å². The molecule has 2 unspecified atom stereocenters. The summed E-state index contributed by atoms with van der Waals surface area (Å²) in [6.07, 6.45) is 1.14. The van der Waals surface area contributed by atoms with Gasteiger partial charge in [0.05, 0.1) is 19.6 Å². The zero-order chi connectivity index (χ0) is 15.2. The number of halogens is 1. The van der Waals surface area contributed by atoms with Crippen LogP contribution in [0, 0.1) is 0 Å². The maximum absolute atomic E-state index is 12.2. The quantitative estimate of drug-likeness (QED) is 0.847. The average Bonchev–Trinajstić information content (AvgIpc) is 3.01. The number of nitrogens with one attached hydrogen (secondary N) is 1. The third-order valence-corrected chi connectivity index (χ3v) is 3.76. The van der Waals surface area contributed by atoms with Gasteiger partial charge in [-0.25, -0.2) is 0 Å². The Balaban J connectivity index is 2.13. The van der Waals surface area contributed by atoms with Crippen molar-refractivity contribution in [3.8, 4) is 0 Å². The Kier molecular flexibility index (Phi) is 5.59. The molecule has 21 heavy (non-hydrogen) atoms. The molecule has 2 atom stereocenters. The van der Waals surface area contributed by atoms with Crippen molar-refractivity contribution in [1.82, 2.24) is 5.32 Å². The summed E-state index contributed by atoms with van der Waals surface area (Å²) in [5, 5.41) is 3.33. The van der Waals surface area contributed by atoms with Gasteiger partial charge < -0.3 is 14.8 Å². The maximum atomic E-state index is 12.2. The van der Waals surface area contributed by atoms with Gasteiger partial charge in [-0.15, -0.1) is 0 Å². The zero-order valence-electron chi connectivity index (χ0n) is 11.8. The molecule has 6 heteroatoms. The lowest BCUT2D eigenvalue weighted by atomic mass is 10.0. The number of rotatable bonds is 5. The molecule has 0 spiro atoms. The van der Waals surface area contributed by atoms with Gasteiger partial charge in [-0.3, -0.25) is 9.59 Å². The van der Waals surface area contributed by atoms with Gasteiger partial charge >= 0.3 is 5.97 Å². The highest BCUT2D eigenvalue weighted by molar-refractivity contribution is 6.31. The second-order valence-corrected chi connectivity index (χ2v) is 5.27. The van der Waals surface area contributed by atoms with Crippen LogP contribution in [-0.2, 0) is 19.1 Å². The number of benzene rings is 1. The van der Waals surface area contributed by atoms with E-state index < -0.39 is 18.1 Å². The SMILES string of the molecule is COC(=O)CC(NC(=O)C1CCCO1)c1ccccc1Cl. The minimum atomic E-state index is -0.525. The summed E-state index contributed by atoms with van der Waals surface area (Å²) < 4.78 is 10.0. The van der Waals surface area contributed by atoms with E-state index in [9.17, 15) is 9.59 Å². The van der Waals surface area contributed by atoms with Crippen molar-refractivity contribution < 1.29 is 19.1 Å². The number of carbonyl (C=O) groups excluding carboxylic acids is 2. The normalized spacial score (nSPS) is 19.0. The van der Waals surface area contributed by atoms with Crippen molar-refractivity contribution in [3.63, 3.8) is 0 Å². The van der Waals surface area contributed by atoms with Crippen molar-refractivity contribution >= 4 is 23.5 Å². The van der Waals surface area contributed by atoms with Gasteiger partial charge in [-0.05, 0) is 24.5 Å². The number of methoxy groups -OCH3 is 1. The summed E-state index contributed by atoms with van der Waals surface area (Å²) in [4.78, 5) is 23.7. The molecule has 1 heterocycles. The van der Waals surface area contributed by atoms with E-state index in [0.717, 1.165) is 6.42 Å². The average molecular weight is 312 g/mol. The van der Waals surface area contributed by atoms with Crippen molar-refractivity contribution in [2.45, 2.75) is 31.4 Å². The number of ether oxygens (including phenoxy) is 2. The molecule has 1 aliphatic rings. The van der Waals surface area contributed by atoms with Crippen molar-refractivity contribution in [3.05, 3.63) is 34.9 Å². The van der Waals surface area contributed by atoms with Crippen LogP contribution in [-0.4, -0.2) is 31.7 Å². The predicted octanol–water partition coefficient (Wildman–Crippen LogP) is 2.24. The molecule has 1 aromatic rings. The third-order valence-electron chi connectivity index (χ3n) is 3.42. The first-order valence-electron chi connectivity index (χ1n) is 6.85. The van der Waals surface area contributed by atoms with Gasteiger partial charge in [0.25, 0.3) is 0 Å². The lowest BCUT2D eigenvalue weighted by Gasteiger charge is -2.21. The molecule has 2 rings (SSSR count). The minimum absolute atomic E-state index is 0.0265. The van der Waals surface area contributed by atoms with E-state index in [1.807, 2.05) is 6.07 Å².